The van der Waals surface area contributed by atoms with E-state index in [-0.39, 0.29) is 17.9 Å². The number of rotatable bonds is 10. The Morgan fingerprint density at radius 1 is 1.24 bits per heavy atom. The number of carbonyl (C=O) groups is 1. The first-order valence-electron chi connectivity index (χ1n) is 14.2. The van der Waals surface area contributed by atoms with Gasteiger partial charge in [0.05, 0.1) is 48.1 Å². The molecule has 2 aromatic heterocycles. The lowest BCUT2D eigenvalue weighted by atomic mass is 10.00. The van der Waals surface area contributed by atoms with Gasteiger partial charge in [0.25, 0.3) is 5.91 Å². The minimum absolute atomic E-state index is 0.0887. The van der Waals surface area contributed by atoms with Crippen molar-refractivity contribution in [1.82, 2.24) is 25.1 Å². The van der Waals surface area contributed by atoms with E-state index in [1.807, 2.05) is 13.0 Å². The van der Waals surface area contributed by atoms with Gasteiger partial charge in [0.15, 0.2) is 11.5 Å². The quantitative estimate of drug-likeness (QED) is 0.349. The lowest BCUT2D eigenvalue weighted by Crippen LogP contribution is -2.39. The average Bonchev–Trinajstić information content (AvgIpc) is 3.67. The number of hydrogen-bond acceptors (Lipinski definition) is 8. The number of aryl methyl sites for hydroxylation is 1. The van der Waals surface area contributed by atoms with E-state index in [0.29, 0.717) is 41.9 Å². The second-order valence-corrected chi connectivity index (χ2v) is 11.4. The highest BCUT2D eigenvalue weighted by atomic mass is 19.4. The van der Waals surface area contributed by atoms with Gasteiger partial charge in [0, 0.05) is 24.9 Å². The standard InChI is InChI=1S/C29H37F3N8O2/c1-5-21(38-23-16-36-40(12-10-29(30,31)32)25(23)27(41)35-17-28(3,4)42)24-26(34-15-22(39-24)19-8-9-19)37-20-13-18(2)7-6-11-33-14-20/h6,11,14-16,18-19,42H,5,7-10,12-13,17H2,1-4H3,(H,35,41)/b11-6+,33-14?,37-20?,38-21?. The number of halogens is 3. The molecule has 0 bridgehead atoms. The van der Waals surface area contributed by atoms with E-state index in [2.05, 4.69) is 27.3 Å². The van der Waals surface area contributed by atoms with Crippen LogP contribution in [0.25, 0.3) is 0 Å². The lowest BCUT2D eigenvalue weighted by Gasteiger charge is -2.18. The zero-order chi connectivity index (χ0) is 30.5. The first kappa shape index (κ1) is 31.2. The summed E-state index contributed by atoms with van der Waals surface area (Å²) >= 11 is 0. The van der Waals surface area contributed by atoms with Crippen molar-refractivity contribution >= 4 is 35.1 Å². The summed E-state index contributed by atoms with van der Waals surface area (Å²) in [6, 6.07) is 0. The largest absolute Gasteiger partial charge is 0.390 e. The maximum Gasteiger partial charge on any atom is 0.390 e. The van der Waals surface area contributed by atoms with Gasteiger partial charge in [-0.2, -0.15) is 18.3 Å². The normalized spacial score (nSPS) is 20.0. The molecule has 10 nitrogen and oxygen atoms in total. The average molecular weight is 587 g/mol. The van der Waals surface area contributed by atoms with E-state index in [1.54, 1.807) is 18.6 Å². The molecule has 1 atom stereocenters. The van der Waals surface area contributed by atoms with Crippen molar-refractivity contribution in [3.63, 3.8) is 0 Å². The zero-order valence-electron chi connectivity index (χ0n) is 24.3. The number of aromatic nitrogens is 4. The molecule has 42 heavy (non-hydrogen) atoms. The molecule has 4 rings (SSSR count). The first-order valence-corrected chi connectivity index (χ1v) is 14.2. The lowest BCUT2D eigenvalue weighted by molar-refractivity contribution is -0.137. The molecule has 2 N–H and O–H groups in total. The predicted molar refractivity (Wildman–Crippen MR) is 155 cm³/mol. The van der Waals surface area contributed by atoms with Gasteiger partial charge in [-0.3, -0.25) is 14.5 Å². The van der Waals surface area contributed by atoms with Crippen LogP contribution in [0.2, 0.25) is 0 Å². The third kappa shape index (κ3) is 8.88. The van der Waals surface area contributed by atoms with Crippen molar-refractivity contribution in [3.8, 4) is 0 Å². The Bertz CT molecular complexity index is 1400. The highest BCUT2D eigenvalue weighted by molar-refractivity contribution is 6.31. The van der Waals surface area contributed by atoms with Crippen LogP contribution < -0.4 is 5.32 Å². The second-order valence-electron chi connectivity index (χ2n) is 11.4. The fourth-order valence-corrected chi connectivity index (χ4v) is 4.35. The van der Waals surface area contributed by atoms with Gasteiger partial charge < -0.3 is 10.4 Å². The molecule has 0 radical (unpaired) electrons. The van der Waals surface area contributed by atoms with Crippen LogP contribution in [0.5, 0.6) is 0 Å². The molecule has 2 aromatic rings. The molecule has 2 aliphatic rings. The minimum Gasteiger partial charge on any atom is -0.389 e. The fraction of sp³-hybridized carbons (Fsp3) is 0.552. The SMILES string of the molecule is CCC(=Nc1cnn(CCC(F)(F)F)c1C(=O)NCC(C)(C)O)c1nc(C2CC2)cnc1N=C1C=N/C=C/CC(C)C1. The number of carbonyl (C=O) groups excluding carboxylic acids is 1. The van der Waals surface area contributed by atoms with Crippen LogP contribution in [0.1, 0.15) is 94.0 Å². The van der Waals surface area contributed by atoms with Crippen molar-refractivity contribution in [3.05, 3.63) is 41.8 Å². The summed E-state index contributed by atoms with van der Waals surface area (Å²) in [6.07, 6.45) is 6.80. The van der Waals surface area contributed by atoms with Crippen molar-refractivity contribution in [2.75, 3.05) is 6.54 Å². The Labute approximate surface area is 243 Å². The van der Waals surface area contributed by atoms with Crippen LogP contribution in [-0.2, 0) is 6.54 Å². The predicted octanol–water partition coefficient (Wildman–Crippen LogP) is 5.62. The van der Waals surface area contributed by atoms with Crippen molar-refractivity contribution in [1.29, 1.82) is 0 Å². The molecule has 13 heteroatoms. The Morgan fingerprint density at radius 2 is 2.00 bits per heavy atom. The maximum absolute atomic E-state index is 13.2. The molecule has 1 amide bonds. The third-order valence-electron chi connectivity index (χ3n) is 6.72. The number of alkyl halides is 3. The second kappa shape index (κ2) is 13.1. The molecule has 1 aliphatic carbocycles. The first-order chi connectivity index (χ1) is 19.8. The molecular weight excluding hydrogens is 549 g/mol. The van der Waals surface area contributed by atoms with Crippen LogP contribution in [0, 0.1) is 5.92 Å². The monoisotopic (exact) mass is 586 g/mol. The number of allylic oxidation sites excluding steroid dienone is 1. The summed E-state index contributed by atoms with van der Waals surface area (Å²) in [4.78, 5) is 36.5. The maximum atomic E-state index is 13.2. The fourth-order valence-electron chi connectivity index (χ4n) is 4.35. The molecule has 1 unspecified atom stereocenters. The van der Waals surface area contributed by atoms with Gasteiger partial charge in [-0.25, -0.2) is 20.0 Å². The molecule has 1 fully saturated rings. The zero-order valence-corrected chi connectivity index (χ0v) is 24.3. The van der Waals surface area contributed by atoms with Gasteiger partial charge in [0.2, 0.25) is 0 Å². The highest BCUT2D eigenvalue weighted by Crippen LogP contribution is 2.39. The Morgan fingerprint density at radius 3 is 2.67 bits per heavy atom. The molecule has 0 spiro atoms. The van der Waals surface area contributed by atoms with E-state index in [0.717, 1.165) is 35.3 Å². The number of amides is 1. The Balaban J connectivity index is 1.78. The number of nitrogens with one attached hydrogen (secondary N) is 1. The summed E-state index contributed by atoms with van der Waals surface area (Å²) < 4.78 is 40.1. The van der Waals surface area contributed by atoms with Crippen molar-refractivity contribution in [2.45, 2.75) is 90.5 Å². The summed E-state index contributed by atoms with van der Waals surface area (Å²) in [5, 5.41) is 16.7. The Hall–Kier alpha value is -3.74. The van der Waals surface area contributed by atoms with E-state index in [1.165, 1.54) is 20.0 Å². The van der Waals surface area contributed by atoms with Crippen LogP contribution >= 0.6 is 0 Å². The number of hydrogen-bond donors (Lipinski definition) is 2. The van der Waals surface area contributed by atoms with Gasteiger partial charge in [0.1, 0.15) is 11.4 Å². The number of aliphatic imine (C=N–C) groups is 3. The summed E-state index contributed by atoms with van der Waals surface area (Å²) in [7, 11) is 0. The minimum atomic E-state index is -4.44. The number of nitrogens with zero attached hydrogens (tertiary/aromatic N) is 7. The highest BCUT2D eigenvalue weighted by Gasteiger charge is 2.30. The van der Waals surface area contributed by atoms with Gasteiger partial charge in [-0.1, -0.05) is 19.9 Å². The van der Waals surface area contributed by atoms with E-state index >= 15 is 0 Å². The summed E-state index contributed by atoms with van der Waals surface area (Å²) in [5.41, 5.74) is 1.19. The smallest absolute Gasteiger partial charge is 0.389 e. The van der Waals surface area contributed by atoms with Crippen LogP contribution in [0.3, 0.4) is 0 Å². The molecule has 0 saturated heterocycles. The van der Waals surface area contributed by atoms with Gasteiger partial charge >= 0.3 is 6.18 Å². The van der Waals surface area contributed by atoms with Crippen LogP contribution in [0.15, 0.2) is 39.6 Å². The topological polar surface area (TPSA) is 130 Å². The molecule has 0 aromatic carbocycles. The van der Waals surface area contributed by atoms with Crippen molar-refractivity contribution in [2.24, 2.45) is 20.9 Å². The summed E-state index contributed by atoms with van der Waals surface area (Å²) in [6.45, 7) is 6.33. The molecular formula is C29H37F3N8O2. The van der Waals surface area contributed by atoms with E-state index < -0.39 is 30.7 Å². The van der Waals surface area contributed by atoms with Crippen molar-refractivity contribution < 1.29 is 23.1 Å². The van der Waals surface area contributed by atoms with Crippen LogP contribution in [0.4, 0.5) is 24.7 Å². The number of aliphatic hydroxyl groups is 1. The third-order valence-corrected chi connectivity index (χ3v) is 6.72. The van der Waals surface area contributed by atoms with E-state index in [9.17, 15) is 23.1 Å². The molecule has 3 heterocycles. The van der Waals surface area contributed by atoms with Gasteiger partial charge in [-0.05, 0) is 51.9 Å². The molecule has 226 valence electrons. The van der Waals surface area contributed by atoms with Gasteiger partial charge in [-0.15, -0.1) is 0 Å². The molecule has 1 saturated carbocycles. The summed E-state index contributed by atoms with van der Waals surface area (Å²) in [5.74, 6) is 0.311. The van der Waals surface area contributed by atoms with E-state index in [4.69, 9.17) is 15.0 Å². The molecule has 1 aliphatic heterocycles. The van der Waals surface area contributed by atoms with Crippen LogP contribution in [-0.4, -0.2) is 66.7 Å². The Kier molecular flexibility index (Phi) is 9.70.